The summed E-state index contributed by atoms with van der Waals surface area (Å²) in [7, 11) is 1.67. The van der Waals surface area contributed by atoms with Gasteiger partial charge in [0.2, 0.25) is 5.91 Å². The molecule has 1 unspecified atom stereocenters. The lowest BCUT2D eigenvalue weighted by molar-refractivity contribution is -0.130. The van der Waals surface area contributed by atoms with Gasteiger partial charge < -0.3 is 15.0 Å². The van der Waals surface area contributed by atoms with Crippen LogP contribution < -0.4 is 10.1 Å². The minimum atomic E-state index is 0.180. The number of nitrogens with one attached hydrogen (secondary N) is 1. The number of amides is 1. The second-order valence-electron chi connectivity index (χ2n) is 5.54. The maximum absolute atomic E-state index is 12.1. The highest BCUT2D eigenvalue weighted by molar-refractivity contribution is 5.78. The van der Waals surface area contributed by atoms with Gasteiger partial charge in [0.05, 0.1) is 13.7 Å². The molecule has 0 radical (unpaired) electrons. The number of benzene rings is 1. The fourth-order valence-electron chi connectivity index (χ4n) is 2.68. The predicted octanol–water partition coefficient (Wildman–Crippen LogP) is 2.60. The molecule has 1 fully saturated rings. The Morgan fingerprint density at radius 3 is 2.38 bits per heavy atom. The van der Waals surface area contributed by atoms with Crippen LogP contribution in [0.25, 0.3) is 0 Å². The third-order valence-electron chi connectivity index (χ3n) is 4.16. The van der Waals surface area contributed by atoms with Crippen molar-refractivity contribution < 1.29 is 9.53 Å². The highest BCUT2D eigenvalue weighted by Gasteiger charge is 2.32. The van der Waals surface area contributed by atoms with Crippen molar-refractivity contribution in [3.8, 4) is 5.75 Å². The van der Waals surface area contributed by atoms with Gasteiger partial charge in [-0.2, -0.15) is 0 Å². The maximum atomic E-state index is 12.1. The molecule has 21 heavy (non-hydrogen) atoms. The van der Waals surface area contributed by atoms with Crippen molar-refractivity contribution in [2.45, 2.75) is 32.7 Å². The first-order chi connectivity index (χ1) is 10.2. The quantitative estimate of drug-likeness (QED) is 0.800. The minimum Gasteiger partial charge on any atom is -0.497 e. The second-order valence-corrected chi connectivity index (χ2v) is 5.54. The van der Waals surface area contributed by atoms with Crippen molar-refractivity contribution in [3.05, 3.63) is 29.8 Å². The summed E-state index contributed by atoms with van der Waals surface area (Å²) in [5, 5.41) is 3.45. The zero-order chi connectivity index (χ0) is 15.2. The van der Waals surface area contributed by atoms with Gasteiger partial charge >= 0.3 is 0 Å². The first-order valence-electron chi connectivity index (χ1n) is 7.84. The van der Waals surface area contributed by atoms with Crippen LogP contribution in [0.5, 0.6) is 5.75 Å². The van der Waals surface area contributed by atoms with Crippen LogP contribution >= 0.6 is 0 Å². The molecule has 0 aromatic heterocycles. The normalized spacial score (nSPS) is 15.6. The highest BCUT2D eigenvalue weighted by Crippen LogP contribution is 2.41. The number of hydrogen-bond acceptors (Lipinski definition) is 3. The zero-order valence-corrected chi connectivity index (χ0v) is 13.3. The molecule has 0 saturated heterocycles. The molecule has 116 valence electrons. The van der Waals surface area contributed by atoms with Gasteiger partial charge in [0, 0.05) is 19.1 Å². The topological polar surface area (TPSA) is 41.6 Å². The van der Waals surface area contributed by atoms with Crippen molar-refractivity contribution in [1.82, 2.24) is 10.2 Å². The molecule has 0 aliphatic heterocycles. The van der Waals surface area contributed by atoms with E-state index in [1.807, 2.05) is 30.9 Å². The number of carbonyl (C=O) groups is 1. The van der Waals surface area contributed by atoms with E-state index in [2.05, 4.69) is 17.4 Å². The van der Waals surface area contributed by atoms with E-state index in [1.165, 1.54) is 18.4 Å². The number of likely N-dealkylation sites (N-methyl/N-ethyl adjacent to an activating group) is 1. The third kappa shape index (κ3) is 4.21. The molecule has 1 aromatic rings. The summed E-state index contributed by atoms with van der Waals surface area (Å²) < 4.78 is 5.20. The van der Waals surface area contributed by atoms with E-state index in [0.717, 1.165) is 18.8 Å². The maximum Gasteiger partial charge on any atom is 0.236 e. The number of nitrogens with zero attached hydrogens (tertiary/aromatic N) is 1. The molecule has 0 heterocycles. The lowest BCUT2D eigenvalue weighted by Gasteiger charge is -2.23. The summed E-state index contributed by atoms with van der Waals surface area (Å²) in [5.41, 5.74) is 1.24. The third-order valence-corrected chi connectivity index (χ3v) is 4.16. The molecule has 1 N–H and O–H groups in total. The summed E-state index contributed by atoms with van der Waals surface area (Å²) >= 11 is 0. The Balaban J connectivity index is 1.97. The van der Waals surface area contributed by atoms with E-state index >= 15 is 0 Å². The van der Waals surface area contributed by atoms with Crippen molar-refractivity contribution >= 4 is 5.91 Å². The van der Waals surface area contributed by atoms with Gasteiger partial charge in [-0.3, -0.25) is 4.79 Å². The number of carbonyl (C=O) groups excluding carboxylic acids is 1. The van der Waals surface area contributed by atoms with E-state index in [4.69, 9.17) is 4.74 Å². The first-order valence-corrected chi connectivity index (χ1v) is 7.84. The van der Waals surface area contributed by atoms with Crippen LogP contribution in [-0.2, 0) is 4.79 Å². The van der Waals surface area contributed by atoms with E-state index in [0.29, 0.717) is 12.5 Å². The number of methoxy groups -OCH3 is 1. The van der Waals surface area contributed by atoms with Crippen LogP contribution in [0, 0.1) is 5.92 Å². The average molecular weight is 290 g/mol. The monoisotopic (exact) mass is 290 g/mol. The SMILES string of the molecule is CCN(CC)C(=O)CNC(c1ccc(OC)cc1)C1CC1. The standard InChI is InChI=1S/C17H26N2O2/c1-4-19(5-2)16(20)12-18-17(13-6-7-13)14-8-10-15(21-3)11-9-14/h8-11,13,17-18H,4-7,12H2,1-3H3. The molecule has 0 bridgehead atoms. The Kier molecular flexibility index (Phi) is 5.62. The Morgan fingerprint density at radius 2 is 1.90 bits per heavy atom. The molecule has 4 nitrogen and oxygen atoms in total. The van der Waals surface area contributed by atoms with Crippen LogP contribution in [0.1, 0.15) is 38.3 Å². The summed E-state index contributed by atoms with van der Waals surface area (Å²) in [5.74, 6) is 1.70. The van der Waals surface area contributed by atoms with Gasteiger partial charge in [-0.25, -0.2) is 0 Å². The number of ether oxygens (including phenoxy) is 1. The van der Waals surface area contributed by atoms with Gasteiger partial charge in [-0.05, 0) is 50.3 Å². The second kappa shape index (κ2) is 7.46. The van der Waals surface area contributed by atoms with Crippen LogP contribution in [0.2, 0.25) is 0 Å². The van der Waals surface area contributed by atoms with E-state index < -0.39 is 0 Å². The van der Waals surface area contributed by atoms with Crippen LogP contribution in [0.4, 0.5) is 0 Å². The summed E-state index contributed by atoms with van der Waals surface area (Å²) in [6.45, 7) is 5.99. The van der Waals surface area contributed by atoms with Crippen LogP contribution in [-0.4, -0.2) is 37.6 Å². The average Bonchev–Trinajstić information content (AvgIpc) is 3.34. The van der Waals surface area contributed by atoms with E-state index in [-0.39, 0.29) is 11.9 Å². The van der Waals surface area contributed by atoms with Gasteiger partial charge in [0.15, 0.2) is 0 Å². The number of rotatable bonds is 8. The molecule has 2 rings (SSSR count). The Bertz CT molecular complexity index is 450. The minimum absolute atomic E-state index is 0.180. The lowest BCUT2D eigenvalue weighted by atomic mass is 10.0. The smallest absolute Gasteiger partial charge is 0.236 e. The Hall–Kier alpha value is -1.55. The highest BCUT2D eigenvalue weighted by atomic mass is 16.5. The molecule has 1 amide bonds. The van der Waals surface area contributed by atoms with E-state index in [1.54, 1.807) is 7.11 Å². The van der Waals surface area contributed by atoms with Crippen molar-refractivity contribution in [2.75, 3.05) is 26.7 Å². The molecule has 0 spiro atoms. The van der Waals surface area contributed by atoms with E-state index in [9.17, 15) is 4.79 Å². The van der Waals surface area contributed by atoms with Gasteiger partial charge in [-0.15, -0.1) is 0 Å². The predicted molar refractivity (Wildman–Crippen MR) is 84.4 cm³/mol. The van der Waals surface area contributed by atoms with Gasteiger partial charge in [-0.1, -0.05) is 12.1 Å². The Labute approximate surface area is 127 Å². The molecule has 1 aliphatic carbocycles. The van der Waals surface area contributed by atoms with Crippen LogP contribution in [0.15, 0.2) is 24.3 Å². The molecular formula is C17H26N2O2. The fraction of sp³-hybridized carbons (Fsp3) is 0.588. The summed E-state index contributed by atoms with van der Waals surface area (Å²) in [6.07, 6.45) is 2.48. The van der Waals surface area contributed by atoms with Crippen molar-refractivity contribution in [3.63, 3.8) is 0 Å². The van der Waals surface area contributed by atoms with Crippen molar-refractivity contribution in [2.24, 2.45) is 5.92 Å². The van der Waals surface area contributed by atoms with Gasteiger partial charge in [0.1, 0.15) is 5.75 Å². The molecule has 1 saturated carbocycles. The number of hydrogen-bond donors (Lipinski definition) is 1. The van der Waals surface area contributed by atoms with Gasteiger partial charge in [0.25, 0.3) is 0 Å². The Morgan fingerprint density at radius 1 is 1.29 bits per heavy atom. The largest absolute Gasteiger partial charge is 0.497 e. The van der Waals surface area contributed by atoms with Crippen LogP contribution in [0.3, 0.4) is 0 Å². The zero-order valence-electron chi connectivity index (χ0n) is 13.3. The van der Waals surface area contributed by atoms with Crippen molar-refractivity contribution in [1.29, 1.82) is 0 Å². The molecule has 1 aromatic carbocycles. The molecule has 4 heteroatoms. The molecular weight excluding hydrogens is 264 g/mol. The summed E-state index contributed by atoms with van der Waals surface area (Å²) in [4.78, 5) is 14.0. The molecule has 1 aliphatic rings. The molecule has 1 atom stereocenters. The fourth-order valence-corrected chi connectivity index (χ4v) is 2.68. The first kappa shape index (κ1) is 15.8. The lowest BCUT2D eigenvalue weighted by Crippen LogP contribution is -2.39. The summed E-state index contributed by atoms with van der Waals surface area (Å²) in [6, 6.07) is 8.43.